The molecule has 1 aromatic rings. The Morgan fingerprint density at radius 3 is 2.75 bits per heavy atom. The second-order valence-corrected chi connectivity index (χ2v) is 3.56. The average Bonchev–Trinajstić information content (AvgIpc) is 2.30. The quantitative estimate of drug-likeness (QED) is 0.605. The molecule has 0 aliphatic rings. The maximum absolute atomic E-state index is 10.8. The standard InChI is InChI=1S/C13H17NO2/c1-16-13(15)9-5-8-12(14)10-11-6-3-2-4-7-11/h2-8,12H,9-10,14H2,1H3/b8-5+/t12-/m1/s1. The number of methoxy groups -OCH3 is 1. The van der Waals surface area contributed by atoms with Gasteiger partial charge in [0.25, 0.3) is 0 Å². The van der Waals surface area contributed by atoms with E-state index in [1.807, 2.05) is 36.4 Å². The smallest absolute Gasteiger partial charge is 0.309 e. The van der Waals surface area contributed by atoms with Crippen molar-refractivity contribution in [3.8, 4) is 0 Å². The summed E-state index contributed by atoms with van der Waals surface area (Å²) >= 11 is 0. The van der Waals surface area contributed by atoms with Crippen LogP contribution in [-0.2, 0) is 16.0 Å². The minimum absolute atomic E-state index is 0.0629. The second-order valence-electron chi connectivity index (χ2n) is 3.56. The highest BCUT2D eigenvalue weighted by Crippen LogP contribution is 2.02. The van der Waals surface area contributed by atoms with E-state index in [9.17, 15) is 4.79 Å². The van der Waals surface area contributed by atoms with Crippen molar-refractivity contribution in [1.82, 2.24) is 0 Å². The fourth-order valence-corrected chi connectivity index (χ4v) is 1.38. The number of carbonyl (C=O) groups excluding carboxylic acids is 1. The summed E-state index contributed by atoms with van der Waals surface area (Å²) in [7, 11) is 1.38. The van der Waals surface area contributed by atoms with Crippen molar-refractivity contribution in [3.05, 3.63) is 48.0 Å². The number of hydrogen-bond donors (Lipinski definition) is 1. The lowest BCUT2D eigenvalue weighted by molar-refractivity contribution is -0.139. The molecule has 3 heteroatoms. The zero-order valence-electron chi connectivity index (χ0n) is 9.43. The summed E-state index contributed by atoms with van der Waals surface area (Å²) in [5.41, 5.74) is 7.09. The molecular formula is C13H17NO2. The molecule has 2 N–H and O–H groups in total. The van der Waals surface area contributed by atoms with Crippen molar-refractivity contribution in [1.29, 1.82) is 0 Å². The van der Waals surface area contributed by atoms with E-state index in [2.05, 4.69) is 4.74 Å². The molecule has 86 valence electrons. The zero-order valence-corrected chi connectivity index (χ0v) is 9.43. The molecule has 0 fully saturated rings. The minimum atomic E-state index is -0.247. The van der Waals surface area contributed by atoms with E-state index >= 15 is 0 Å². The van der Waals surface area contributed by atoms with Crippen LogP contribution in [0.3, 0.4) is 0 Å². The Hall–Kier alpha value is -1.61. The lowest BCUT2D eigenvalue weighted by Gasteiger charge is -2.05. The Labute approximate surface area is 95.9 Å². The average molecular weight is 219 g/mol. The molecule has 16 heavy (non-hydrogen) atoms. The third kappa shape index (κ3) is 4.75. The van der Waals surface area contributed by atoms with Crippen molar-refractivity contribution >= 4 is 5.97 Å². The van der Waals surface area contributed by atoms with Crippen molar-refractivity contribution in [3.63, 3.8) is 0 Å². The van der Waals surface area contributed by atoms with Crippen LogP contribution >= 0.6 is 0 Å². The number of ether oxygens (including phenoxy) is 1. The fourth-order valence-electron chi connectivity index (χ4n) is 1.38. The third-order valence-electron chi connectivity index (χ3n) is 2.21. The summed E-state index contributed by atoms with van der Waals surface area (Å²) in [4.78, 5) is 10.8. The summed E-state index contributed by atoms with van der Waals surface area (Å²) in [6.45, 7) is 0. The molecule has 0 saturated heterocycles. The van der Waals surface area contributed by atoms with Crippen LogP contribution in [0.5, 0.6) is 0 Å². The monoisotopic (exact) mass is 219 g/mol. The van der Waals surface area contributed by atoms with Gasteiger partial charge in [-0.2, -0.15) is 0 Å². The van der Waals surface area contributed by atoms with Gasteiger partial charge in [0.2, 0.25) is 0 Å². The largest absolute Gasteiger partial charge is 0.469 e. The Balaban J connectivity index is 2.36. The highest BCUT2D eigenvalue weighted by atomic mass is 16.5. The molecule has 0 amide bonds. The Bertz CT molecular complexity index is 346. The molecule has 0 aromatic heterocycles. The molecule has 0 unspecified atom stereocenters. The molecular weight excluding hydrogens is 202 g/mol. The molecule has 0 spiro atoms. The molecule has 0 bridgehead atoms. The van der Waals surface area contributed by atoms with Crippen LogP contribution in [0.25, 0.3) is 0 Å². The molecule has 3 nitrogen and oxygen atoms in total. The number of hydrogen-bond acceptors (Lipinski definition) is 3. The normalized spacial score (nSPS) is 12.6. The van der Waals surface area contributed by atoms with E-state index in [1.165, 1.54) is 12.7 Å². The van der Waals surface area contributed by atoms with Crippen LogP contribution < -0.4 is 5.73 Å². The Morgan fingerprint density at radius 2 is 2.12 bits per heavy atom. The minimum Gasteiger partial charge on any atom is -0.469 e. The van der Waals surface area contributed by atoms with Crippen LogP contribution in [0, 0.1) is 0 Å². The summed E-state index contributed by atoms with van der Waals surface area (Å²) in [5, 5.41) is 0. The Kier molecular flexibility index (Phi) is 5.29. The summed E-state index contributed by atoms with van der Waals surface area (Å²) in [6.07, 6.45) is 4.64. The van der Waals surface area contributed by atoms with Crippen molar-refractivity contribution in [2.45, 2.75) is 18.9 Å². The number of carbonyl (C=O) groups is 1. The van der Waals surface area contributed by atoms with Crippen LogP contribution in [0.15, 0.2) is 42.5 Å². The van der Waals surface area contributed by atoms with E-state index < -0.39 is 0 Å². The maximum Gasteiger partial charge on any atom is 0.309 e. The van der Waals surface area contributed by atoms with Gasteiger partial charge in [-0.15, -0.1) is 0 Å². The van der Waals surface area contributed by atoms with Gasteiger partial charge in [-0.05, 0) is 12.0 Å². The first-order valence-electron chi connectivity index (χ1n) is 5.25. The van der Waals surface area contributed by atoms with Gasteiger partial charge in [0.15, 0.2) is 0 Å². The zero-order chi connectivity index (χ0) is 11.8. The Morgan fingerprint density at radius 1 is 1.44 bits per heavy atom. The molecule has 0 saturated carbocycles. The predicted octanol–water partition coefficient (Wildman–Crippen LogP) is 1.68. The third-order valence-corrected chi connectivity index (χ3v) is 2.21. The van der Waals surface area contributed by atoms with Crippen molar-refractivity contribution in [2.24, 2.45) is 5.73 Å². The van der Waals surface area contributed by atoms with Crippen LogP contribution in [0.4, 0.5) is 0 Å². The number of esters is 1. The first-order valence-corrected chi connectivity index (χ1v) is 5.25. The first-order chi connectivity index (χ1) is 7.72. The molecule has 1 rings (SSSR count). The molecule has 1 atom stereocenters. The summed E-state index contributed by atoms with van der Waals surface area (Å²) in [5.74, 6) is -0.247. The van der Waals surface area contributed by atoms with E-state index in [0.717, 1.165) is 6.42 Å². The lowest BCUT2D eigenvalue weighted by atomic mass is 10.1. The number of benzene rings is 1. The predicted molar refractivity (Wildman–Crippen MR) is 63.9 cm³/mol. The SMILES string of the molecule is COC(=O)C/C=C/[C@@H](N)Cc1ccccc1. The maximum atomic E-state index is 10.8. The lowest BCUT2D eigenvalue weighted by Crippen LogP contribution is -2.19. The van der Waals surface area contributed by atoms with Crippen molar-refractivity contribution in [2.75, 3.05) is 7.11 Å². The van der Waals surface area contributed by atoms with Gasteiger partial charge in [0, 0.05) is 6.04 Å². The molecule has 0 radical (unpaired) electrons. The van der Waals surface area contributed by atoms with E-state index in [4.69, 9.17) is 5.73 Å². The van der Waals surface area contributed by atoms with E-state index in [-0.39, 0.29) is 18.4 Å². The van der Waals surface area contributed by atoms with Crippen molar-refractivity contribution < 1.29 is 9.53 Å². The fraction of sp³-hybridized carbons (Fsp3) is 0.308. The van der Waals surface area contributed by atoms with Gasteiger partial charge in [0.1, 0.15) is 0 Å². The summed E-state index contributed by atoms with van der Waals surface area (Å²) in [6, 6.07) is 9.96. The molecule has 0 aliphatic heterocycles. The van der Waals surface area contributed by atoms with Crippen LogP contribution in [-0.4, -0.2) is 19.1 Å². The number of nitrogens with two attached hydrogens (primary N) is 1. The van der Waals surface area contributed by atoms with Gasteiger partial charge in [0.05, 0.1) is 13.5 Å². The second kappa shape index (κ2) is 6.80. The van der Waals surface area contributed by atoms with E-state index in [0.29, 0.717) is 0 Å². The highest BCUT2D eigenvalue weighted by Gasteiger charge is 2.00. The van der Waals surface area contributed by atoms with Crippen LogP contribution in [0.1, 0.15) is 12.0 Å². The van der Waals surface area contributed by atoms with Gasteiger partial charge in [-0.1, -0.05) is 42.5 Å². The number of rotatable bonds is 5. The molecule has 0 aliphatic carbocycles. The first kappa shape index (κ1) is 12.5. The summed E-state index contributed by atoms with van der Waals surface area (Å²) < 4.78 is 4.52. The van der Waals surface area contributed by atoms with Gasteiger partial charge in [-0.25, -0.2) is 0 Å². The molecule has 0 heterocycles. The molecule has 1 aromatic carbocycles. The topological polar surface area (TPSA) is 52.3 Å². The van der Waals surface area contributed by atoms with Crippen LogP contribution in [0.2, 0.25) is 0 Å². The van der Waals surface area contributed by atoms with Gasteiger partial charge < -0.3 is 10.5 Å². The highest BCUT2D eigenvalue weighted by molar-refractivity contribution is 5.70. The van der Waals surface area contributed by atoms with Gasteiger partial charge >= 0.3 is 5.97 Å². The van der Waals surface area contributed by atoms with E-state index in [1.54, 1.807) is 6.08 Å². The van der Waals surface area contributed by atoms with Gasteiger partial charge in [-0.3, -0.25) is 4.79 Å².